The lowest BCUT2D eigenvalue weighted by molar-refractivity contribution is -0.118. The summed E-state index contributed by atoms with van der Waals surface area (Å²) >= 11 is 0. The van der Waals surface area contributed by atoms with E-state index in [2.05, 4.69) is 21.3 Å². The lowest BCUT2D eigenvalue weighted by Crippen LogP contribution is -2.55. The number of nitrogens with zero attached hydrogens (tertiary/aromatic N) is 1. The molecule has 4 aromatic rings. The van der Waals surface area contributed by atoms with E-state index in [1.54, 1.807) is 35.2 Å². The highest BCUT2D eigenvalue weighted by molar-refractivity contribution is 6.04. The van der Waals surface area contributed by atoms with Crippen LogP contribution in [0.1, 0.15) is 81.5 Å². The molecule has 4 aromatic carbocycles. The topological polar surface area (TPSA) is 215 Å². The maximum Gasteiger partial charge on any atom is 0.317 e. The summed E-state index contributed by atoms with van der Waals surface area (Å²) in [6.45, 7) is 3.28. The average Bonchev–Trinajstić information content (AvgIpc) is 3.23. The van der Waals surface area contributed by atoms with Crippen molar-refractivity contribution in [1.29, 1.82) is 0 Å². The molecule has 13 nitrogen and oxygen atoms in total. The summed E-state index contributed by atoms with van der Waals surface area (Å²) in [6, 6.07) is 17.0. The van der Waals surface area contributed by atoms with Crippen LogP contribution in [-0.4, -0.2) is 71.6 Å². The zero-order valence-corrected chi connectivity index (χ0v) is 34.1. The van der Waals surface area contributed by atoms with Crippen molar-refractivity contribution in [3.05, 3.63) is 129 Å². The van der Waals surface area contributed by atoms with Gasteiger partial charge in [-0.05, 0) is 110 Å². The number of nitrogens with one attached hydrogen (secondary N) is 4. The number of anilines is 2. The maximum atomic E-state index is 13.8. The van der Waals surface area contributed by atoms with E-state index in [0.717, 1.165) is 37.2 Å². The van der Waals surface area contributed by atoms with E-state index < -0.39 is 34.8 Å². The van der Waals surface area contributed by atoms with Gasteiger partial charge in [0.15, 0.2) is 11.6 Å². The number of nitrogens with two attached hydrogens (primary N) is 3. The molecule has 4 heterocycles. The summed E-state index contributed by atoms with van der Waals surface area (Å²) in [7, 11) is 0. The Morgan fingerprint density at radius 1 is 0.645 bits per heavy atom. The predicted molar refractivity (Wildman–Crippen MR) is 225 cm³/mol. The van der Waals surface area contributed by atoms with Gasteiger partial charge in [0.2, 0.25) is 11.8 Å². The molecule has 0 aliphatic carbocycles. The summed E-state index contributed by atoms with van der Waals surface area (Å²) < 4.78 is 53.4. The number of carbonyl (C=O) groups excluding carboxylic acids is 5. The van der Waals surface area contributed by atoms with Crippen molar-refractivity contribution in [1.82, 2.24) is 15.5 Å². The van der Waals surface area contributed by atoms with Gasteiger partial charge in [0, 0.05) is 72.6 Å². The van der Waals surface area contributed by atoms with Gasteiger partial charge in [-0.3, -0.25) is 19.2 Å². The molecule has 4 aliphatic rings. The van der Waals surface area contributed by atoms with Crippen molar-refractivity contribution in [2.45, 2.75) is 75.5 Å². The summed E-state index contributed by atoms with van der Waals surface area (Å²) in [5, 5.41) is 12.9. The number of rotatable bonds is 7. The summed E-state index contributed by atoms with van der Waals surface area (Å²) in [6.07, 6.45) is 3.50. The molecule has 8 rings (SSSR count). The summed E-state index contributed by atoms with van der Waals surface area (Å²) in [4.78, 5) is 60.5. The number of ketones is 2. The van der Waals surface area contributed by atoms with E-state index in [-0.39, 0.29) is 60.3 Å². The number of Topliss-reactive ketones (excluding diaryl/α,β-unsaturated/α-hetero) is 2. The second-order valence-electron chi connectivity index (χ2n) is 16.1. The number of likely N-dealkylation sites (tertiary alicyclic amines) is 1. The third-order valence-corrected chi connectivity index (χ3v) is 11.6. The molecule has 4 aliphatic heterocycles. The van der Waals surface area contributed by atoms with E-state index in [1.165, 1.54) is 42.5 Å². The molecule has 4 amide bonds. The molecule has 62 heavy (non-hydrogen) atoms. The fraction of sp³-hybridized carbons (Fsp3) is 0.356. The van der Waals surface area contributed by atoms with Crippen LogP contribution in [0.15, 0.2) is 72.8 Å². The largest absolute Gasteiger partial charge is 0.378 e. The van der Waals surface area contributed by atoms with Gasteiger partial charge in [-0.15, -0.1) is 0 Å². The second-order valence-corrected chi connectivity index (χ2v) is 16.1. The second kappa shape index (κ2) is 19.6. The minimum absolute atomic E-state index is 0.0557. The van der Waals surface area contributed by atoms with Gasteiger partial charge >= 0.3 is 6.03 Å². The number of primary amides is 2. The van der Waals surface area contributed by atoms with Gasteiger partial charge in [0.05, 0.1) is 12.8 Å². The van der Waals surface area contributed by atoms with Crippen molar-refractivity contribution in [3.63, 3.8) is 0 Å². The Hall–Kier alpha value is -6.33. The highest BCUT2D eigenvalue weighted by Gasteiger charge is 2.42. The fourth-order valence-electron chi connectivity index (χ4n) is 8.25. The molecule has 0 bridgehead atoms. The SMILES string of the molecule is NC(=O)Cc1cc(CNC(=O)N2CCC3(CC2)CC(=O)c2cc(F)ccc2N3)ccc1F.NCc1ccc(F)c(CC(N)=O)c1.O=C1CC2(CCNCC2)Nc2ccc(F)cc21. The predicted octanol–water partition coefficient (Wildman–Crippen LogP) is 4.99. The third kappa shape index (κ3) is 11.3. The highest BCUT2D eigenvalue weighted by Crippen LogP contribution is 2.38. The standard InChI is InChI=1S/C23H24F2N4O3.C13H15FN2O.C9H11FN2O/c24-16-2-4-19-17(11-16)20(30)12-23(28-19)5-7-29(8-6-23)22(32)27-13-14-1-3-18(25)15(9-14)10-21(26)31;14-9-1-2-11-10(7-9)12(17)8-13(16-11)3-5-15-6-4-13;10-8-2-1-6(5-11)3-7(8)4-9(12)13/h1-4,9,11,28H,5-8,10,12-13H2,(H2,26,31)(H,27,32);1-2,7,15-16H,3-6,8H2;1-3H,4-5,11H2,(H2,12,13). The van der Waals surface area contributed by atoms with Crippen molar-refractivity contribution in [3.8, 4) is 0 Å². The first kappa shape index (κ1) is 45.2. The van der Waals surface area contributed by atoms with Gasteiger partial charge in [0.25, 0.3) is 0 Å². The van der Waals surface area contributed by atoms with E-state index >= 15 is 0 Å². The van der Waals surface area contributed by atoms with E-state index in [1.807, 2.05) is 0 Å². The molecule has 0 radical (unpaired) electrons. The van der Waals surface area contributed by atoms with Crippen LogP contribution in [0, 0.1) is 23.3 Å². The van der Waals surface area contributed by atoms with Crippen LogP contribution >= 0.6 is 0 Å². The molecule has 17 heteroatoms. The first-order valence-corrected chi connectivity index (χ1v) is 20.3. The number of urea groups is 1. The van der Waals surface area contributed by atoms with Crippen LogP contribution in [-0.2, 0) is 35.5 Å². The molecule has 10 N–H and O–H groups in total. The van der Waals surface area contributed by atoms with Crippen molar-refractivity contribution in [2.24, 2.45) is 17.2 Å². The Morgan fingerprint density at radius 2 is 1.11 bits per heavy atom. The molecular formula is C45H50F4N8O5. The monoisotopic (exact) mass is 858 g/mol. The Balaban J connectivity index is 0.000000177. The molecule has 2 saturated heterocycles. The fourth-order valence-corrected chi connectivity index (χ4v) is 8.25. The lowest BCUT2D eigenvalue weighted by Gasteiger charge is -2.45. The van der Waals surface area contributed by atoms with Crippen molar-refractivity contribution >= 4 is 40.8 Å². The Kier molecular flexibility index (Phi) is 14.3. The normalized spacial score (nSPS) is 16.9. The van der Waals surface area contributed by atoms with Crippen LogP contribution in [0.4, 0.5) is 33.7 Å². The summed E-state index contributed by atoms with van der Waals surface area (Å²) in [5.74, 6) is -2.94. The number of hydrogen-bond acceptors (Lipinski definition) is 9. The Bertz CT molecular complexity index is 2350. The van der Waals surface area contributed by atoms with E-state index in [0.29, 0.717) is 66.8 Å². The van der Waals surface area contributed by atoms with Crippen LogP contribution < -0.4 is 38.5 Å². The molecule has 0 atom stereocenters. The smallest absolute Gasteiger partial charge is 0.317 e. The number of halogens is 4. The Labute approximate surface area is 356 Å². The average molecular weight is 859 g/mol. The molecular weight excluding hydrogens is 809 g/mol. The molecule has 328 valence electrons. The molecule has 2 spiro atoms. The summed E-state index contributed by atoms with van der Waals surface area (Å²) in [5.41, 5.74) is 19.1. The number of fused-ring (bicyclic) bond motifs is 2. The van der Waals surface area contributed by atoms with Gasteiger partial charge < -0.3 is 43.4 Å². The molecule has 2 fully saturated rings. The van der Waals surface area contributed by atoms with Gasteiger partial charge in [0.1, 0.15) is 23.3 Å². The molecule has 0 saturated carbocycles. The molecule has 0 aromatic heterocycles. The third-order valence-electron chi connectivity index (χ3n) is 11.6. The number of benzene rings is 4. The molecule has 0 unspecified atom stereocenters. The van der Waals surface area contributed by atoms with E-state index in [9.17, 15) is 41.5 Å². The highest BCUT2D eigenvalue weighted by atomic mass is 19.1. The van der Waals surface area contributed by atoms with Gasteiger partial charge in [-0.25, -0.2) is 22.4 Å². The lowest BCUT2D eigenvalue weighted by atomic mass is 9.78. The van der Waals surface area contributed by atoms with Crippen molar-refractivity contribution in [2.75, 3.05) is 36.8 Å². The number of hydrogen-bond donors (Lipinski definition) is 7. The minimum atomic E-state index is -0.630. The maximum absolute atomic E-state index is 13.8. The number of piperidine rings is 2. The first-order chi connectivity index (χ1) is 29.6. The number of amides is 4. The van der Waals surface area contributed by atoms with E-state index in [4.69, 9.17) is 17.2 Å². The van der Waals surface area contributed by atoms with Crippen LogP contribution in [0.2, 0.25) is 0 Å². The quantitative estimate of drug-likeness (QED) is 0.125. The van der Waals surface area contributed by atoms with Crippen molar-refractivity contribution < 1.29 is 41.5 Å². The zero-order chi connectivity index (χ0) is 44.6. The minimum Gasteiger partial charge on any atom is -0.378 e. The number of carbonyl (C=O) groups is 5. The van der Waals surface area contributed by atoms with Gasteiger partial charge in [-0.2, -0.15) is 0 Å². The van der Waals surface area contributed by atoms with Crippen LogP contribution in [0.3, 0.4) is 0 Å². The first-order valence-electron chi connectivity index (χ1n) is 20.3. The zero-order valence-electron chi connectivity index (χ0n) is 34.1. The van der Waals surface area contributed by atoms with Crippen LogP contribution in [0.5, 0.6) is 0 Å². The van der Waals surface area contributed by atoms with Gasteiger partial charge in [-0.1, -0.05) is 24.3 Å². The van der Waals surface area contributed by atoms with Crippen LogP contribution in [0.25, 0.3) is 0 Å². The Morgan fingerprint density at radius 3 is 1.60 bits per heavy atom.